The van der Waals surface area contributed by atoms with Crippen LogP contribution < -0.4 is 27.4 Å². The van der Waals surface area contributed by atoms with Crippen molar-refractivity contribution < 1.29 is 34.2 Å². The zero-order valence-electron chi connectivity index (χ0n) is 18.1. The fourth-order valence-corrected chi connectivity index (χ4v) is 3.17. The van der Waals surface area contributed by atoms with Crippen molar-refractivity contribution in [3.8, 4) is 5.75 Å². The molecule has 182 valence electrons. The zero-order valence-corrected chi connectivity index (χ0v) is 18.9. The lowest BCUT2D eigenvalue weighted by Crippen LogP contribution is -2.54. The monoisotopic (exact) mass is 483 g/mol. The van der Waals surface area contributed by atoms with E-state index in [0.717, 1.165) is 5.56 Å². The second kappa shape index (κ2) is 14.0. The van der Waals surface area contributed by atoms with E-state index < -0.39 is 60.7 Å². The third-order valence-electron chi connectivity index (χ3n) is 4.43. The van der Waals surface area contributed by atoms with Gasteiger partial charge in [-0.1, -0.05) is 12.1 Å². The van der Waals surface area contributed by atoms with E-state index in [4.69, 9.17) is 16.6 Å². The molecule has 4 amide bonds. The summed E-state index contributed by atoms with van der Waals surface area (Å²) in [5, 5.41) is 25.3. The molecule has 13 heteroatoms. The number of nitrogens with one attached hydrogen (secondary N) is 3. The molecule has 33 heavy (non-hydrogen) atoms. The van der Waals surface area contributed by atoms with Crippen LogP contribution in [-0.2, 0) is 30.4 Å². The number of carbonyl (C=O) groups excluding carboxylic acids is 4. The summed E-state index contributed by atoms with van der Waals surface area (Å²) < 4.78 is 0. The average Bonchev–Trinajstić information content (AvgIpc) is 2.75. The van der Waals surface area contributed by atoms with Gasteiger partial charge in [0.15, 0.2) is 0 Å². The molecular weight excluding hydrogens is 454 g/mol. The molecule has 0 spiro atoms. The Balaban J connectivity index is 2.66. The number of thioether (sulfide) groups is 1. The predicted molar refractivity (Wildman–Crippen MR) is 121 cm³/mol. The molecule has 0 fully saturated rings. The van der Waals surface area contributed by atoms with Gasteiger partial charge in [0.25, 0.3) is 0 Å². The largest absolute Gasteiger partial charge is 0.508 e. The minimum Gasteiger partial charge on any atom is -0.508 e. The topological polar surface area (TPSA) is 214 Å². The number of benzene rings is 1. The van der Waals surface area contributed by atoms with Gasteiger partial charge in [-0.25, -0.2) is 4.79 Å². The maximum absolute atomic E-state index is 12.5. The molecule has 12 nitrogen and oxygen atoms in total. The van der Waals surface area contributed by atoms with Crippen LogP contribution in [-0.4, -0.2) is 76.5 Å². The molecule has 0 heterocycles. The number of carboxylic acid groups (broad SMARTS) is 1. The van der Waals surface area contributed by atoms with Crippen molar-refractivity contribution in [2.24, 2.45) is 11.5 Å². The summed E-state index contributed by atoms with van der Waals surface area (Å²) in [7, 11) is 0. The molecule has 0 bridgehead atoms. The van der Waals surface area contributed by atoms with Gasteiger partial charge in [0, 0.05) is 0 Å². The third-order valence-corrected chi connectivity index (χ3v) is 5.08. The van der Waals surface area contributed by atoms with E-state index in [-0.39, 0.29) is 18.6 Å². The number of carboxylic acids is 1. The van der Waals surface area contributed by atoms with Crippen LogP contribution >= 0.6 is 11.8 Å². The normalized spacial score (nSPS) is 13.3. The highest BCUT2D eigenvalue weighted by Crippen LogP contribution is 2.11. The molecule has 0 aromatic heterocycles. The van der Waals surface area contributed by atoms with Crippen LogP contribution in [0.3, 0.4) is 0 Å². The van der Waals surface area contributed by atoms with Crippen LogP contribution in [0, 0.1) is 0 Å². The number of amides is 4. The molecule has 3 unspecified atom stereocenters. The van der Waals surface area contributed by atoms with Gasteiger partial charge in [-0.05, 0) is 42.5 Å². The van der Waals surface area contributed by atoms with E-state index in [1.54, 1.807) is 12.1 Å². The number of hydrogen-bond acceptors (Lipinski definition) is 8. The maximum atomic E-state index is 12.5. The second-order valence-electron chi connectivity index (χ2n) is 7.17. The maximum Gasteiger partial charge on any atom is 0.326 e. The summed E-state index contributed by atoms with van der Waals surface area (Å²) in [5.41, 5.74) is 11.6. The summed E-state index contributed by atoms with van der Waals surface area (Å²) in [6.07, 6.45) is 1.68. The van der Waals surface area contributed by atoms with Crippen LogP contribution in [0.5, 0.6) is 5.75 Å². The van der Waals surface area contributed by atoms with Crippen LogP contribution in [0.2, 0.25) is 0 Å². The lowest BCUT2D eigenvalue weighted by Gasteiger charge is -2.21. The summed E-state index contributed by atoms with van der Waals surface area (Å²) in [6.45, 7) is -0.563. The molecule has 0 aliphatic carbocycles. The number of nitrogens with two attached hydrogens (primary N) is 2. The van der Waals surface area contributed by atoms with E-state index in [1.807, 2.05) is 6.26 Å². The fraction of sp³-hybridized carbons (Fsp3) is 0.450. The van der Waals surface area contributed by atoms with Gasteiger partial charge in [0.05, 0.1) is 19.0 Å². The van der Waals surface area contributed by atoms with E-state index in [9.17, 15) is 29.1 Å². The zero-order chi connectivity index (χ0) is 25.0. The van der Waals surface area contributed by atoms with E-state index in [2.05, 4.69) is 16.0 Å². The SMILES string of the molecule is CSCCC(NC(=O)C(N)Cc1ccc(O)cc1)C(=O)NCC(=O)NC(CC(N)=O)C(=O)O. The summed E-state index contributed by atoms with van der Waals surface area (Å²) >= 11 is 1.45. The molecule has 1 rings (SSSR count). The number of carbonyl (C=O) groups is 5. The van der Waals surface area contributed by atoms with Crippen molar-refractivity contribution >= 4 is 41.4 Å². The lowest BCUT2D eigenvalue weighted by atomic mass is 10.1. The van der Waals surface area contributed by atoms with Crippen molar-refractivity contribution in [1.29, 1.82) is 0 Å². The van der Waals surface area contributed by atoms with Crippen molar-refractivity contribution in [2.75, 3.05) is 18.6 Å². The summed E-state index contributed by atoms with van der Waals surface area (Å²) in [5.74, 6) is -3.78. The third kappa shape index (κ3) is 10.7. The highest BCUT2D eigenvalue weighted by molar-refractivity contribution is 7.98. The Labute approximate surface area is 194 Å². The van der Waals surface area contributed by atoms with Gasteiger partial charge in [-0.15, -0.1) is 0 Å². The first-order valence-corrected chi connectivity index (χ1v) is 11.3. The van der Waals surface area contributed by atoms with E-state index in [0.29, 0.717) is 5.75 Å². The molecule has 0 saturated carbocycles. The fourth-order valence-electron chi connectivity index (χ4n) is 2.70. The standard InChI is InChI=1S/C20H29N5O7S/c1-33-7-6-14(25-18(29)13(21)8-11-2-4-12(26)5-3-11)19(30)23-10-17(28)24-15(20(31)32)9-16(22)27/h2-5,13-15,26H,6-10,21H2,1H3,(H2,22,27)(H,23,30)(H,24,28)(H,25,29)(H,31,32). The molecule has 0 saturated heterocycles. The molecule has 1 aromatic rings. The summed E-state index contributed by atoms with van der Waals surface area (Å²) in [6, 6.07) is 2.76. The van der Waals surface area contributed by atoms with Gasteiger partial charge >= 0.3 is 5.97 Å². The Hall–Kier alpha value is -3.32. The first-order chi connectivity index (χ1) is 15.5. The first kappa shape index (κ1) is 27.7. The number of phenolic OH excluding ortho intramolecular Hbond substituents is 1. The molecule has 3 atom stereocenters. The lowest BCUT2D eigenvalue weighted by molar-refractivity contribution is -0.143. The Bertz CT molecular complexity index is 850. The number of rotatable bonds is 14. The Morgan fingerprint density at radius 1 is 1.03 bits per heavy atom. The quantitative estimate of drug-likeness (QED) is 0.156. The molecule has 0 radical (unpaired) electrons. The highest BCUT2D eigenvalue weighted by Gasteiger charge is 2.25. The van der Waals surface area contributed by atoms with Gasteiger partial charge in [-0.3, -0.25) is 19.2 Å². The number of aliphatic carboxylic acids is 1. The van der Waals surface area contributed by atoms with E-state index in [1.165, 1.54) is 23.9 Å². The predicted octanol–water partition coefficient (Wildman–Crippen LogP) is -1.94. The smallest absolute Gasteiger partial charge is 0.326 e. The number of primary amides is 1. The van der Waals surface area contributed by atoms with Crippen LogP contribution in [0.25, 0.3) is 0 Å². The molecule has 1 aromatic carbocycles. The van der Waals surface area contributed by atoms with Gasteiger partial charge < -0.3 is 37.6 Å². The molecule has 9 N–H and O–H groups in total. The van der Waals surface area contributed by atoms with Crippen LogP contribution in [0.15, 0.2) is 24.3 Å². The number of phenols is 1. The molecular formula is C20H29N5O7S. The van der Waals surface area contributed by atoms with E-state index >= 15 is 0 Å². The Kier molecular flexibility index (Phi) is 11.7. The van der Waals surface area contributed by atoms with Crippen LogP contribution in [0.1, 0.15) is 18.4 Å². The summed E-state index contributed by atoms with van der Waals surface area (Å²) in [4.78, 5) is 59.0. The van der Waals surface area contributed by atoms with Crippen molar-refractivity contribution in [3.05, 3.63) is 29.8 Å². The number of aromatic hydroxyl groups is 1. The van der Waals surface area contributed by atoms with Crippen molar-refractivity contribution in [1.82, 2.24) is 16.0 Å². The minimum atomic E-state index is -1.52. The Morgan fingerprint density at radius 3 is 2.21 bits per heavy atom. The molecule has 0 aliphatic rings. The molecule has 0 aliphatic heterocycles. The van der Waals surface area contributed by atoms with Gasteiger partial charge in [0.1, 0.15) is 17.8 Å². The highest BCUT2D eigenvalue weighted by atomic mass is 32.2. The number of hydrogen-bond donors (Lipinski definition) is 7. The second-order valence-corrected chi connectivity index (χ2v) is 8.15. The van der Waals surface area contributed by atoms with Gasteiger partial charge in [0.2, 0.25) is 23.6 Å². The van der Waals surface area contributed by atoms with Crippen LogP contribution in [0.4, 0.5) is 0 Å². The average molecular weight is 484 g/mol. The van der Waals surface area contributed by atoms with Crippen molar-refractivity contribution in [2.45, 2.75) is 37.4 Å². The van der Waals surface area contributed by atoms with Gasteiger partial charge in [-0.2, -0.15) is 11.8 Å². The van der Waals surface area contributed by atoms with Crippen molar-refractivity contribution in [3.63, 3.8) is 0 Å². The minimum absolute atomic E-state index is 0.0823. The first-order valence-electron chi connectivity index (χ1n) is 9.94. The Morgan fingerprint density at radius 2 is 1.67 bits per heavy atom.